The largest absolute Gasteiger partial charge is 0.573 e. The number of hydrogen-bond acceptors (Lipinski definition) is 4. The van der Waals surface area contributed by atoms with E-state index in [1.165, 1.54) is 0 Å². The van der Waals surface area contributed by atoms with Crippen LogP contribution in [-0.2, 0) is 14.8 Å². The number of carbonyl (C=O) groups is 1. The predicted octanol–water partition coefficient (Wildman–Crippen LogP) is 1.34. The van der Waals surface area contributed by atoms with Gasteiger partial charge < -0.3 is 9.84 Å². The highest BCUT2D eigenvalue weighted by Crippen LogP contribution is 2.24. The summed E-state index contributed by atoms with van der Waals surface area (Å²) in [7, 11) is -4.26. The van der Waals surface area contributed by atoms with Crippen LogP contribution in [0.25, 0.3) is 0 Å². The van der Waals surface area contributed by atoms with Crippen LogP contribution in [0.1, 0.15) is 6.92 Å². The molecule has 0 radical (unpaired) electrons. The number of rotatable bonds is 5. The summed E-state index contributed by atoms with van der Waals surface area (Å²) in [5.74, 6) is -2.14. The molecular formula is C10H10F3NO5S. The van der Waals surface area contributed by atoms with Crippen molar-refractivity contribution in [2.45, 2.75) is 24.2 Å². The number of carboxylic acids is 1. The summed E-state index contributed by atoms with van der Waals surface area (Å²) in [4.78, 5) is 10.0. The molecule has 0 fully saturated rings. The maximum Gasteiger partial charge on any atom is 0.573 e. The van der Waals surface area contributed by atoms with Crippen molar-refractivity contribution in [2.24, 2.45) is 0 Å². The fourth-order valence-electron chi connectivity index (χ4n) is 1.19. The lowest BCUT2D eigenvalue weighted by molar-refractivity contribution is -0.274. The number of halogens is 3. The SMILES string of the molecule is C[C@@H](NS(=O)(=O)c1cccc(OC(F)(F)F)c1)C(=O)O. The molecule has 10 heteroatoms. The molecule has 1 aromatic carbocycles. The van der Waals surface area contributed by atoms with Crippen LogP contribution < -0.4 is 9.46 Å². The van der Waals surface area contributed by atoms with E-state index >= 15 is 0 Å². The maximum absolute atomic E-state index is 12.0. The zero-order valence-electron chi connectivity index (χ0n) is 10.0. The van der Waals surface area contributed by atoms with Crippen molar-refractivity contribution in [1.29, 1.82) is 0 Å². The number of benzene rings is 1. The molecule has 0 unspecified atom stereocenters. The third kappa shape index (κ3) is 4.70. The zero-order valence-corrected chi connectivity index (χ0v) is 10.8. The molecule has 1 rings (SSSR count). The summed E-state index contributed by atoms with van der Waals surface area (Å²) in [5.41, 5.74) is 0. The lowest BCUT2D eigenvalue weighted by Gasteiger charge is -2.12. The van der Waals surface area contributed by atoms with Gasteiger partial charge in [-0.15, -0.1) is 13.2 Å². The summed E-state index contributed by atoms with van der Waals surface area (Å²) in [5, 5.41) is 8.60. The highest BCUT2D eigenvalue weighted by atomic mass is 32.2. The minimum atomic E-state index is -4.95. The molecule has 2 N–H and O–H groups in total. The molecule has 1 aromatic rings. The molecule has 0 aliphatic rings. The smallest absolute Gasteiger partial charge is 0.480 e. The normalized spacial score (nSPS) is 13.8. The second-order valence-electron chi connectivity index (χ2n) is 3.70. The molecule has 0 saturated carbocycles. The molecule has 0 heterocycles. The van der Waals surface area contributed by atoms with Gasteiger partial charge in [-0.2, -0.15) is 4.72 Å². The van der Waals surface area contributed by atoms with Gasteiger partial charge >= 0.3 is 12.3 Å². The van der Waals surface area contributed by atoms with E-state index in [2.05, 4.69) is 4.74 Å². The molecule has 0 bridgehead atoms. The molecular weight excluding hydrogens is 303 g/mol. The first-order valence-electron chi connectivity index (χ1n) is 5.12. The van der Waals surface area contributed by atoms with Gasteiger partial charge in [0, 0.05) is 6.07 Å². The van der Waals surface area contributed by atoms with Gasteiger partial charge in [0.2, 0.25) is 10.0 Å². The van der Waals surface area contributed by atoms with Crippen molar-refractivity contribution in [3.63, 3.8) is 0 Å². The first kappa shape index (κ1) is 16.2. The van der Waals surface area contributed by atoms with E-state index in [-0.39, 0.29) is 0 Å². The summed E-state index contributed by atoms with van der Waals surface area (Å²) in [6, 6.07) is 2.20. The minimum absolute atomic E-state index is 0.535. The van der Waals surface area contributed by atoms with Gasteiger partial charge in [-0.3, -0.25) is 4.79 Å². The van der Waals surface area contributed by atoms with E-state index in [1.807, 2.05) is 0 Å². The number of hydrogen-bond donors (Lipinski definition) is 2. The highest BCUT2D eigenvalue weighted by Gasteiger charge is 2.31. The first-order chi connectivity index (χ1) is 9.01. The Bertz CT molecular complexity index is 599. The molecule has 0 aliphatic carbocycles. The molecule has 0 spiro atoms. The maximum atomic E-state index is 12.0. The molecule has 0 aromatic heterocycles. The van der Waals surface area contributed by atoms with Crippen molar-refractivity contribution in [2.75, 3.05) is 0 Å². The van der Waals surface area contributed by atoms with Gasteiger partial charge in [0.05, 0.1) is 4.90 Å². The van der Waals surface area contributed by atoms with Gasteiger partial charge in [-0.25, -0.2) is 8.42 Å². The van der Waals surface area contributed by atoms with E-state index < -0.39 is 39.0 Å². The van der Waals surface area contributed by atoms with E-state index in [4.69, 9.17) is 5.11 Å². The molecule has 0 aliphatic heterocycles. The van der Waals surface area contributed by atoms with Crippen LogP contribution in [-0.4, -0.2) is 31.9 Å². The first-order valence-corrected chi connectivity index (χ1v) is 6.60. The monoisotopic (exact) mass is 313 g/mol. The Kier molecular flexibility index (Phi) is 4.61. The van der Waals surface area contributed by atoms with Crippen LogP contribution in [0.4, 0.5) is 13.2 Å². The summed E-state index contributed by atoms with van der Waals surface area (Å²) in [6.45, 7) is 1.08. The topological polar surface area (TPSA) is 92.7 Å². The van der Waals surface area contributed by atoms with Gasteiger partial charge in [0.15, 0.2) is 0 Å². The van der Waals surface area contributed by atoms with Crippen molar-refractivity contribution in [3.05, 3.63) is 24.3 Å². The molecule has 20 heavy (non-hydrogen) atoms. The Labute approximate surface area is 112 Å². The highest BCUT2D eigenvalue weighted by molar-refractivity contribution is 7.89. The van der Waals surface area contributed by atoms with Crippen LogP contribution >= 0.6 is 0 Å². The standard InChI is InChI=1S/C10H10F3NO5S/c1-6(9(15)16)14-20(17,18)8-4-2-3-7(5-8)19-10(11,12)13/h2-6,14H,1H3,(H,15,16)/t6-/m1/s1. The molecule has 0 saturated heterocycles. The van der Waals surface area contributed by atoms with E-state index in [9.17, 15) is 26.4 Å². The Morgan fingerprint density at radius 1 is 1.40 bits per heavy atom. The zero-order chi connectivity index (χ0) is 15.6. The average molecular weight is 313 g/mol. The predicted molar refractivity (Wildman–Crippen MR) is 60.5 cm³/mol. The Balaban J connectivity index is 3.02. The third-order valence-electron chi connectivity index (χ3n) is 2.05. The van der Waals surface area contributed by atoms with Crippen LogP contribution in [0.5, 0.6) is 5.75 Å². The van der Waals surface area contributed by atoms with E-state index in [0.29, 0.717) is 6.07 Å². The second-order valence-corrected chi connectivity index (χ2v) is 5.42. The van der Waals surface area contributed by atoms with Crippen molar-refractivity contribution in [1.82, 2.24) is 4.72 Å². The van der Waals surface area contributed by atoms with Crippen LogP contribution in [0.3, 0.4) is 0 Å². The Morgan fingerprint density at radius 2 is 2.00 bits per heavy atom. The fourth-order valence-corrected chi connectivity index (χ4v) is 2.42. The number of carboxylic acid groups (broad SMARTS) is 1. The lowest BCUT2D eigenvalue weighted by Crippen LogP contribution is -2.38. The number of alkyl halides is 3. The van der Waals surface area contributed by atoms with Crippen molar-refractivity contribution < 1.29 is 36.2 Å². The summed E-state index contributed by atoms with van der Waals surface area (Å²) in [6.07, 6.45) is -4.95. The fraction of sp³-hybridized carbons (Fsp3) is 0.300. The van der Waals surface area contributed by atoms with Crippen molar-refractivity contribution >= 4 is 16.0 Å². The summed E-state index contributed by atoms with van der Waals surface area (Å²) < 4.78 is 64.9. The van der Waals surface area contributed by atoms with Gasteiger partial charge in [0.25, 0.3) is 0 Å². The molecule has 6 nitrogen and oxygen atoms in total. The van der Waals surface area contributed by atoms with E-state index in [1.54, 1.807) is 4.72 Å². The number of nitrogens with one attached hydrogen (secondary N) is 1. The molecule has 1 atom stereocenters. The van der Waals surface area contributed by atoms with Crippen LogP contribution in [0.2, 0.25) is 0 Å². The van der Waals surface area contributed by atoms with Gasteiger partial charge in [-0.1, -0.05) is 6.07 Å². The quantitative estimate of drug-likeness (QED) is 0.855. The number of sulfonamides is 1. The Hall–Kier alpha value is -1.81. The summed E-state index contributed by atoms with van der Waals surface area (Å²) >= 11 is 0. The number of ether oxygens (including phenoxy) is 1. The number of aliphatic carboxylic acids is 1. The Morgan fingerprint density at radius 3 is 2.50 bits per heavy atom. The second kappa shape index (κ2) is 5.67. The van der Waals surface area contributed by atoms with Crippen molar-refractivity contribution in [3.8, 4) is 5.75 Å². The van der Waals surface area contributed by atoms with Crippen LogP contribution in [0, 0.1) is 0 Å². The average Bonchev–Trinajstić information content (AvgIpc) is 2.26. The third-order valence-corrected chi connectivity index (χ3v) is 3.59. The molecule has 0 amide bonds. The minimum Gasteiger partial charge on any atom is -0.480 e. The molecule has 112 valence electrons. The van der Waals surface area contributed by atoms with Gasteiger partial charge in [0.1, 0.15) is 11.8 Å². The van der Waals surface area contributed by atoms with Crippen LogP contribution in [0.15, 0.2) is 29.2 Å². The van der Waals surface area contributed by atoms with E-state index in [0.717, 1.165) is 25.1 Å². The lowest BCUT2D eigenvalue weighted by atomic mass is 10.3. The van der Waals surface area contributed by atoms with Gasteiger partial charge in [-0.05, 0) is 19.1 Å².